The maximum atomic E-state index is 6.31. The first-order chi connectivity index (χ1) is 9.51. The highest BCUT2D eigenvalue weighted by atomic mass is 35.5. The van der Waals surface area contributed by atoms with Gasteiger partial charge in [-0.2, -0.15) is 0 Å². The number of rotatable bonds is 6. The molecule has 1 N–H and O–H groups in total. The molecule has 0 saturated carbocycles. The molecule has 0 bridgehead atoms. The van der Waals surface area contributed by atoms with Gasteiger partial charge in [0.15, 0.2) is 0 Å². The van der Waals surface area contributed by atoms with Crippen molar-refractivity contribution >= 4 is 23.2 Å². The summed E-state index contributed by atoms with van der Waals surface area (Å²) in [5.41, 5.74) is 1.32. The highest BCUT2D eigenvalue weighted by Gasteiger charge is 2.35. The van der Waals surface area contributed by atoms with E-state index in [1.54, 1.807) is 0 Å². The summed E-state index contributed by atoms with van der Waals surface area (Å²) < 4.78 is 5.64. The van der Waals surface area contributed by atoms with E-state index in [1.807, 2.05) is 18.2 Å². The lowest BCUT2D eigenvalue weighted by molar-refractivity contribution is 0.149. The fourth-order valence-electron chi connectivity index (χ4n) is 2.69. The molecule has 1 saturated heterocycles. The molecule has 0 aromatic heterocycles. The largest absolute Gasteiger partial charge is 0.381 e. The third-order valence-electron chi connectivity index (χ3n) is 3.82. The molecule has 1 atom stereocenters. The number of benzene rings is 1. The van der Waals surface area contributed by atoms with Gasteiger partial charge in [0.25, 0.3) is 0 Å². The van der Waals surface area contributed by atoms with E-state index in [1.165, 1.54) is 0 Å². The van der Waals surface area contributed by atoms with Crippen LogP contribution in [0.5, 0.6) is 0 Å². The van der Waals surface area contributed by atoms with E-state index < -0.39 is 0 Å². The summed E-state index contributed by atoms with van der Waals surface area (Å²) in [6.45, 7) is 8.10. The number of hydrogen-bond donors (Lipinski definition) is 1. The summed E-state index contributed by atoms with van der Waals surface area (Å²) in [6.07, 6.45) is 2.02. The van der Waals surface area contributed by atoms with E-state index in [9.17, 15) is 0 Å². The molecule has 0 spiro atoms. The van der Waals surface area contributed by atoms with Gasteiger partial charge in [0.2, 0.25) is 0 Å². The SMILES string of the molecule is CC(C)CNCC1(Cc2ccc(Cl)cc2Cl)CCOC1. The summed E-state index contributed by atoms with van der Waals surface area (Å²) in [5.74, 6) is 0.661. The lowest BCUT2D eigenvalue weighted by Gasteiger charge is -2.29. The van der Waals surface area contributed by atoms with Crippen LogP contribution in [0.25, 0.3) is 0 Å². The summed E-state index contributed by atoms with van der Waals surface area (Å²) in [7, 11) is 0. The number of hydrogen-bond acceptors (Lipinski definition) is 2. The Labute approximate surface area is 131 Å². The maximum Gasteiger partial charge on any atom is 0.0538 e. The molecule has 1 aromatic carbocycles. The first kappa shape index (κ1) is 16.1. The molecule has 1 fully saturated rings. The van der Waals surface area contributed by atoms with Gasteiger partial charge in [0, 0.05) is 28.6 Å². The number of nitrogens with one attached hydrogen (secondary N) is 1. The molecule has 1 aliphatic rings. The predicted octanol–water partition coefficient (Wildman–Crippen LogP) is 4.19. The normalized spacial score (nSPS) is 22.6. The first-order valence-corrected chi connectivity index (χ1v) is 7.99. The Balaban J connectivity index is 2.04. The zero-order valence-corrected chi connectivity index (χ0v) is 13.7. The molecule has 1 aromatic rings. The van der Waals surface area contributed by atoms with Crippen molar-refractivity contribution in [2.24, 2.45) is 11.3 Å². The van der Waals surface area contributed by atoms with Crippen molar-refractivity contribution in [2.45, 2.75) is 26.7 Å². The van der Waals surface area contributed by atoms with Gasteiger partial charge in [0.05, 0.1) is 6.61 Å². The summed E-state index contributed by atoms with van der Waals surface area (Å²) in [6, 6.07) is 5.77. The molecule has 1 unspecified atom stereocenters. The van der Waals surface area contributed by atoms with E-state index >= 15 is 0 Å². The Hall–Kier alpha value is -0.280. The van der Waals surface area contributed by atoms with Crippen LogP contribution in [-0.4, -0.2) is 26.3 Å². The lowest BCUT2D eigenvalue weighted by Crippen LogP contribution is -2.38. The van der Waals surface area contributed by atoms with Crippen molar-refractivity contribution in [2.75, 3.05) is 26.3 Å². The predicted molar refractivity (Wildman–Crippen MR) is 85.7 cm³/mol. The second kappa shape index (κ2) is 7.13. The van der Waals surface area contributed by atoms with Gasteiger partial charge in [-0.3, -0.25) is 0 Å². The minimum absolute atomic E-state index is 0.159. The van der Waals surface area contributed by atoms with E-state index in [-0.39, 0.29) is 5.41 Å². The summed E-state index contributed by atoms with van der Waals surface area (Å²) in [4.78, 5) is 0. The molecule has 4 heteroatoms. The van der Waals surface area contributed by atoms with Gasteiger partial charge in [0.1, 0.15) is 0 Å². The van der Waals surface area contributed by atoms with E-state index in [0.717, 1.165) is 49.7 Å². The van der Waals surface area contributed by atoms with Gasteiger partial charge < -0.3 is 10.1 Å². The molecule has 0 amide bonds. The van der Waals surface area contributed by atoms with Crippen LogP contribution in [-0.2, 0) is 11.2 Å². The van der Waals surface area contributed by atoms with Crippen LogP contribution in [0, 0.1) is 11.3 Å². The van der Waals surface area contributed by atoms with Gasteiger partial charge in [-0.15, -0.1) is 0 Å². The van der Waals surface area contributed by atoms with Gasteiger partial charge >= 0.3 is 0 Å². The average molecular weight is 316 g/mol. The van der Waals surface area contributed by atoms with Gasteiger partial charge in [-0.05, 0) is 43.0 Å². The van der Waals surface area contributed by atoms with Crippen molar-refractivity contribution in [3.63, 3.8) is 0 Å². The van der Waals surface area contributed by atoms with Crippen LogP contribution in [0.1, 0.15) is 25.8 Å². The van der Waals surface area contributed by atoms with Crippen molar-refractivity contribution in [3.8, 4) is 0 Å². The third-order valence-corrected chi connectivity index (χ3v) is 4.41. The molecular weight excluding hydrogens is 293 g/mol. The average Bonchev–Trinajstić information content (AvgIpc) is 2.81. The molecular formula is C16H23Cl2NO. The van der Waals surface area contributed by atoms with Crippen molar-refractivity contribution < 1.29 is 4.74 Å². The fraction of sp³-hybridized carbons (Fsp3) is 0.625. The van der Waals surface area contributed by atoms with Gasteiger partial charge in [-0.1, -0.05) is 43.1 Å². The Morgan fingerprint density at radius 3 is 2.75 bits per heavy atom. The van der Waals surface area contributed by atoms with Crippen molar-refractivity contribution in [3.05, 3.63) is 33.8 Å². The maximum absolute atomic E-state index is 6.31. The molecule has 1 heterocycles. The minimum Gasteiger partial charge on any atom is -0.381 e. The smallest absolute Gasteiger partial charge is 0.0538 e. The van der Waals surface area contributed by atoms with Crippen molar-refractivity contribution in [1.29, 1.82) is 0 Å². The summed E-state index contributed by atoms with van der Waals surface area (Å²) >= 11 is 12.3. The van der Waals surface area contributed by atoms with E-state index in [2.05, 4.69) is 19.2 Å². The lowest BCUT2D eigenvalue weighted by atomic mass is 9.80. The molecule has 20 heavy (non-hydrogen) atoms. The highest BCUT2D eigenvalue weighted by molar-refractivity contribution is 6.35. The minimum atomic E-state index is 0.159. The zero-order chi connectivity index (χ0) is 14.6. The van der Waals surface area contributed by atoms with Crippen LogP contribution >= 0.6 is 23.2 Å². The second-order valence-electron chi connectivity index (χ2n) is 6.24. The topological polar surface area (TPSA) is 21.3 Å². The van der Waals surface area contributed by atoms with E-state index in [0.29, 0.717) is 10.9 Å². The monoisotopic (exact) mass is 315 g/mol. The Bertz CT molecular complexity index is 442. The van der Waals surface area contributed by atoms with Crippen LogP contribution in [0.4, 0.5) is 0 Å². The van der Waals surface area contributed by atoms with Crippen LogP contribution < -0.4 is 5.32 Å². The van der Waals surface area contributed by atoms with Gasteiger partial charge in [-0.25, -0.2) is 0 Å². The number of ether oxygens (including phenoxy) is 1. The Morgan fingerprint density at radius 1 is 1.35 bits per heavy atom. The molecule has 0 aliphatic carbocycles. The fourth-order valence-corrected chi connectivity index (χ4v) is 3.16. The first-order valence-electron chi connectivity index (χ1n) is 7.23. The highest BCUT2D eigenvalue weighted by Crippen LogP contribution is 2.35. The zero-order valence-electron chi connectivity index (χ0n) is 12.2. The Kier molecular flexibility index (Phi) is 5.74. The summed E-state index contributed by atoms with van der Waals surface area (Å²) in [5, 5.41) is 5.01. The second-order valence-corrected chi connectivity index (χ2v) is 7.08. The molecule has 2 rings (SSSR count). The molecule has 0 radical (unpaired) electrons. The molecule has 112 valence electrons. The third kappa shape index (κ3) is 4.36. The van der Waals surface area contributed by atoms with Crippen LogP contribution in [0.3, 0.4) is 0 Å². The van der Waals surface area contributed by atoms with Crippen molar-refractivity contribution in [1.82, 2.24) is 5.32 Å². The standard InChI is InChI=1S/C16H23Cl2NO/c1-12(2)9-19-10-16(5-6-20-11-16)8-13-3-4-14(17)7-15(13)18/h3-4,7,12,19H,5-6,8-11H2,1-2H3. The van der Waals surface area contributed by atoms with Crippen LogP contribution in [0.15, 0.2) is 18.2 Å². The number of halogens is 2. The van der Waals surface area contributed by atoms with E-state index in [4.69, 9.17) is 27.9 Å². The quantitative estimate of drug-likeness (QED) is 0.850. The van der Waals surface area contributed by atoms with Crippen LogP contribution in [0.2, 0.25) is 10.0 Å². The Morgan fingerprint density at radius 2 is 2.15 bits per heavy atom. The molecule has 1 aliphatic heterocycles. The molecule has 2 nitrogen and oxygen atoms in total.